The Hall–Kier alpha value is -5.22. The van der Waals surface area contributed by atoms with Gasteiger partial charge in [-0.2, -0.15) is 0 Å². The smallest absolute Gasteiger partial charge is 0.331 e. The van der Waals surface area contributed by atoms with E-state index < -0.39 is 5.54 Å². The zero-order valence-electron chi connectivity index (χ0n) is 23.2. The third-order valence-corrected chi connectivity index (χ3v) is 8.82. The van der Waals surface area contributed by atoms with E-state index in [1.165, 1.54) is 11.3 Å². The Balaban J connectivity index is 1.13. The molecule has 43 heavy (non-hydrogen) atoms. The summed E-state index contributed by atoms with van der Waals surface area (Å²) in [6, 6.07) is 27.3. The minimum atomic E-state index is -0.616. The SMILES string of the molecule is CC1(NC(=O)c2sc3nccc4c3c2NC(=O)N4c2ccc(Oc3ccccc3)cc2)CCN(C(=O)c2ccccc2)C1. The zero-order chi connectivity index (χ0) is 29.6. The van der Waals surface area contributed by atoms with Gasteiger partial charge >= 0.3 is 6.03 Å². The van der Waals surface area contributed by atoms with Crippen molar-refractivity contribution in [3.05, 3.63) is 108 Å². The molecule has 0 aliphatic carbocycles. The summed E-state index contributed by atoms with van der Waals surface area (Å²) in [6.07, 6.45) is 2.26. The van der Waals surface area contributed by atoms with E-state index in [-0.39, 0.29) is 17.8 Å². The molecule has 2 aliphatic rings. The average Bonchev–Trinajstić information content (AvgIpc) is 3.60. The molecule has 7 rings (SSSR count). The monoisotopic (exact) mass is 589 g/mol. The second-order valence-corrected chi connectivity index (χ2v) is 11.8. The van der Waals surface area contributed by atoms with Crippen molar-refractivity contribution in [2.75, 3.05) is 23.3 Å². The lowest BCUT2D eigenvalue weighted by molar-refractivity contribution is 0.0769. The van der Waals surface area contributed by atoms with Crippen LogP contribution in [0.15, 0.2) is 97.2 Å². The maximum absolute atomic E-state index is 13.7. The number of aromatic nitrogens is 1. The van der Waals surface area contributed by atoms with Crippen LogP contribution < -0.4 is 20.3 Å². The first kappa shape index (κ1) is 26.7. The molecule has 214 valence electrons. The number of pyridine rings is 1. The highest BCUT2D eigenvalue weighted by Crippen LogP contribution is 2.46. The third kappa shape index (κ3) is 4.95. The largest absolute Gasteiger partial charge is 0.457 e. The van der Waals surface area contributed by atoms with E-state index in [1.807, 2.05) is 79.7 Å². The van der Waals surface area contributed by atoms with Crippen LogP contribution >= 0.6 is 11.3 Å². The fourth-order valence-electron chi connectivity index (χ4n) is 5.62. The number of ether oxygens (including phenoxy) is 1. The Morgan fingerprint density at radius 1 is 0.953 bits per heavy atom. The Morgan fingerprint density at radius 2 is 1.65 bits per heavy atom. The second-order valence-electron chi connectivity index (χ2n) is 10.8. The van der Waals surface area contributed by atoms with E-state index in [9.17, 15) is 14.4 Å². The predicted octanol–water partition coefficient (Wildman–Crippen LogP) is 6.81. The third-order valence-electron chi connectivity index (χ3n) is 7.72. The molecule has 2 aliphatic heterocycles. The van der Waals surface area contributed by atoms with E-state index in [4.69, 9.17) is 4.74 Å². The maximum Gasteiger partial charge on any atom is 0.331 e. The molecule has 3 aromatic carbocycles. The van der Waals surface area contributed by atoms with Gasteiger partial charge in [-0.25, -0.2) is 9.78 Å². The highest BCUT2D eigenvalue weighted by atomic mass is 32.1. The number of benzene rings is 3. The number of carbonyl (C=O) groups excluding carboxylic acids is 3. The highest BCUT2D eigenvalue weighted by molar-refractivity contribution is 7.21. The Labute approximate surface area is 251 Å². The van der Waals surface area contributed by atoms with Crippen LogP contribution in [0.5, 0.6) is 11.5 Å². The molecule has 10 heteroatoms. The summed E-state index contributed by atoms with van der Waals surface area (Å²) in [5, 5.41) is 6.79. The molecule has 1 atom stereocenters. The molecule has 0 saturated carbocycles. The molecule has 1 unspecified atom stereocenters. The standard InChI is InChI=1S/C33H27N5O4S/c1-33(17-19-37(20-33)31(40)21-8-4-2-5-9-21)36-29(39)28-27-26-25(16-18-34-30(26)43-28)38(32(41)35-27)22-12-14-24(15-13-22)42-23-10-6-3-7-11-23/h2-16,18H,17,19-20H2,1H3,(H,35,41)(H,36,39). The van der Waals surface area contributed by atoms with Gasteiger partial charge in [-0.15, -0.1) is 11.3 Å². The minimum absolute atomic E-state index is 0.0589. The van der Waals surface area contributed by atoms with Gasteiger partial charge in [0.05, 0.1) is 28.0 Å². The lowest BCUT2D eigenvalue weighted by Crippen LogP contribution is -2.48. The molecule has 4 amide bonds. The van der Waals surface area contributed by atoms with Crippen molar-refractivity contribution in [2.24, 2.45) is 0 Å². The second kappa shape index (κ2) is 10.6. The number of hydrogen-bond donors (Lipinski definition) is 2. The number of anilines is 3. The molecule has 4 heterocycles. The lowest BCUT2D eigenvalue weighted by atomic mass is 10.0. The van der Waals surface area contributed by atoms with Gasteiger partial charge in [-0.3, -0.25) is 14.5 Å². The van der Waals surface area contributed by atoms with Crippen LogP contribution in [0.25, 0.3) is 10.2 Å². The Morgan fingerprint density at radius 3 is 2.40 bits per heavy atom. The normalized spacial score (nSPS) is 17.6. The summed E-state index contributed by atoms with van der Waals surface area (Å²) in [4.78, 5) is 49.0. The molecule has 0 bridgehead atoms. The molecule has 5 aromatic rings. The van der Waals surface area contributed by atoms with Crippen molar-refractivity contribution < 1.29 is 19.1 Å². The summed E-state index contributed by atoms with van der Waals surface area (Å²) in [7, 11) is 0. The summed E-state index contributed by atoms with van der Waals surface area (Å²) in [6.45, 7) is 2.87. The van der Waals surface area contributed by atoms with Crippen molar-refractivity contribution in [1.82, 2.24) is 15.2 Å². The van der Waals surface area contributed by atoms with Gasteiger partial charge in [-0.05, 0) is 67.9 Å². The van der Waals surface area contributed by atoms with Crippen LogP contribution in [0, 0.1) is 0 Å². The molecule has 2 aromatic heterocycles. The molecule has 0 spiro atoms. The summed E-state index contributed by atoms with van der Waals surface area (Å²) < 4.78 is 5.90. The first-order valence-electron chi connectivity index (χ1n) is 13.9. The molecule has 2 N–H and O–H groups in total. The van der Waals surface area contributed by atoms with Gasteiger partial charge in [-0.1, -0.05) is 36.4 Å². The first-order chi connectivity index (χ1) is 20.9. The molecule has 9 nitrogen and oxygen atoms in total. The summed E-state index contributed by atoms with van der Waals surface area (Å²) >= 11 is 1.23. The van der Waals surface area contributed by atoms with Crippen molar-refractivity contribution in [1.29, 1.82) is 0 Å². The van der Waals surface area contributed by atoms with Gasteiger partial charge in [0.15, 0.2) is 0 Å². The Kier molecular flexibility index (Phi) is 6.55. The fourth-order valence-corrected chi connectivity index (χ4v) is 6.63. The van der Waals surface area contributed by atoms with E-state index in [2.05, 4.69) is 15.6 Å². The van der Waals surface area contributed by atoms with Crippen LogP contribution in [0.3, 0.4) is 0 Å². The number of hydrogen-bond acceptors (Lipinski definition) is 6. The molecule has 0 radical (unpaired) electrons. The molecular formula is C33H27N5O4S. The number of para-hydroxylation sites is 1. The fraction of sp³-hybridized carbons (Fsp3) is 0.152. The predicted molar refractivity (Wildman–Crippen MR) is 167 cm³/mol. The van der Waals surface area contributed by atoms with E-state index in [0.29, 0.717) is 63.0 Å². The molecule has 1 saturated heterocycles. The van der Waals surface area contributed by atoms with Gasteiger partial charge in [0.25, 0.3) is 11.8 Å². The van der Waals surface area contributed by atoms with Crippen LogP contribution in [-0.2, 0) is 0 Å². The van der Waals surface area contributed by atoms with Gasteiger partial charge < -0.3 is 20.3 Å². The van der Waals surface area contributed by atoms with Crippen LogP contribution in [0.4, 0.5) is 21.9 Å². The van der Waals surface area contributed by atoms with Crippen LogP contribution in [-0.4, -0.2) is 46.4 Å². The van der Waals surface area contributed by atoms with Crippen molar-refractivity contribution in [3.8, 4) is 11.5 Å². The highest BCUT2D eigenvalue weighted by Gasteiger charge is 2.39. The number of nitrogens with zero attached hydrogens (tertiary/aromatic N) is 3. The van der Waals surface area contributed by atoms with Crippen molar-refractivity contribution >= 4 is 56.5 Å². The minimum Gasteiger partial charge on any atom is -0.457 e. The molecular weight excluding hydrogens is 562 g/mol. The number of carbonyl (C=O) groups is 3. The van der Waals surface area contributed by atoms with Crippen LogP contribution in [0.1, 0.15) is 33.4 Å². The number of amides is 4. The van der Waals surface area contributed by atoms with Gasteiger partial charge in [0.1, 0.15) is 21.2 Å². The Bertz CT molecular complexity index is 1860. The topological polar surface area (TPSA) is 104 Å². The molecule has 1 fully saturated rings. The number of thiophene rings is 1. The summed E-state index contributed by atoms with van der Waals surface area (Å²) in [5.74, 6) is 0.998. The van der Waals surface area contributed by atoms with Gasteiger partial charge in [0.2, 0.25) is 0 Å². The number of likely N-dealkylation sites (tertiary alicyclic amines) is 1. The van der Waals surface area contributed by atoms with Crippen molar-refractivity contribution in [2.45, 2.75) is 18.9 Å². The van der Waals surface area contributed by atoms with Crippen molar-refractivity contribution in [3.63, 3.8) is 0 Å². The zero-order valence-corrected chi connectivity index (χ0v) is 24.1. The number of urea groups is 1. The van der Waals surface area contributed by atoms with Gasteiger partial charge in [0, 0.05) is 24.8 Å². The van der Waals surface area contributed by atoms with E-state index in [0.717, 1.165) is 5.75 Å². The first-order valence-corrected chi connectivity index (χ1v) is 14.7. The summed E-state index contributed by atoms with van der Waals surface area (Å²) in [5.41, 5.74) is 1.74. The van der Waals surface area contributed by atoms with E-state index >= 15 is 0 Å². The average molecular weight is 590 g/mol. The number of rotatable bonds is 6. The van der Waals surface area contributed by atoms with Crippen LogP contribution in [0.2, 0.25) is 0 Å². The van der Waals surface area contributed by atoms with E-state index in [1.54, 1.807) is 34.2 Å². The quantitative estimate of drug-likeness (QED) is 0.227. The maximum atomic E-state index is 13.7. The number of nitrogens with one attached hydrogen (secondary N) is 2. The lowest BCUT2D eigenvalue weighted by Gasteiger charge is -2.29.